The van der Waals surface area contributed by atoms with Crippen molar-refractivity contribution < 1.29 is 15.3 Å². The molecule has 3 nitrogen and oxygen atoms in total. The fourth-order valence-electron chi connectivity index (χ4n) is 0.0680. The molecule has 0 bridgehead atoms. The first-order valence-electron chi connectivity index (χ1n) is 2.42. The van der Waals surface area contributed by atoms with Crippen molar-refractivity contribution in [3.8, 4) is 0 Å². The zero-order chi connectivity index (χ0) is 7.54. The molecule has 0 heterocycles. The van der Waals surface area contributed by atoms with Crippen LogP contribution in [0.2, 0.25) is 0 Å². The van der Waals surface area contributed by atoms with E-state index in [0.717, 1.165) is 0 Å². The Bertz CT molecular complexity index is 72.9. The minimum atomic E-state index is 0. The zero-order valence-corrected chi connectivity index (χ0v) is 5.92. The molecule has 0 amide bonds. The van der Waals surface area contributed by atoms with Gasteiger partial charge in [0.1, 0.15) is 0 Å². The topological polar surface area (TPSA) is 61.0 Å². The summed E-state index contributed by atoms with van der Waals surface area (Å²) >= 11 is 0. The summed E-state index contributed by atoms with van der Waals surface area (Å²) in [6, 6.07) is 0. The van der Waals surface area contributed by atoms with Crippen LogP contribution in [0.15, 0.2) is 38.3 Å². The van der Waals surface area contributed by atoms with E-state index in [0.29, 0.717) is 0 Å². The summed E-state index contributed by atoms with van der Waals surface area (Å²) in [7, 11) is 0. The zero-order valence-electron chi connectivity index (χ0n) is 5.92. The van der Waals surface area contributed by atoms with Crippen LogP contribution in [0.3, 0.4) is 0 Å². The summed E-state index contributed by atoms with van der Waals surface area (Å²) in [6.45, 7) is 9.83. The molecule has 0 aromatic carbocycles. The highest BCUT2D eigenvalue weighted by Crippen LogP contribution is 1.65. The van der Waals surface area contributed by atoms with Crippen LogP contribution in [0.4, 0.5) is 0 Å². The predicted octanol–water partition coefficient (Wildman–Crippen LogP) is 0.630. The predicted molar refractivity (Wildman–Crippen MR) is 42.4 cm³/mol. The van der Waals surface area contributed by atoms with Crippen LogP contribution >= 0.6 is 0 Å². The van der Waals surface area contributed by atoms with Crippen molar-refractivity contribution in [3.05, 3.63) is 38.3 Å². The molecular weight excluding hydrogens is 132 g/mol. The molecular formula is C7H14O3. The standard InChI is InChI=1S/C4H6O.C3H6O.H2O/c1-3-5-4-2;1-2-3-4;/h3-4H,1-2H2;2,4H,1,3H2;1H2. The third-order valence-corrected chi connectivity index (χ3v) is 0.322. The first kappa shape index (κ1) is 16.0. The van der Waals surface area contributed by atoms with E-state index in [2.05, 4.69) is 24.5 Å². The number of aliphatic hydroxyl groups is 1. The maximum Gasteiger partial charge on any atom is 0.0829 e. The number of rotatable bonds is 3. The van der Waals surface area contributed by atoms with Crippen molar-refractivity contribution in [1.29, 1.82) is 0 Å². The third kappa shape index (κ3) is 65.1. The van der Waals surface area contributed by atoms with Crippen molar-refractivity contribution >= 4 is 0 Å². The second kappa shape index (κ2) is 24.6. The lowest BCUT2D eigenvalue weighted by Gasteiger charge is -1.76. The maximum atomic E-state index is 7.76. The second-order valence-corrected chi connectivity index (χ2v) is 0.941. The lowest BCUT2D eigenvalue weighted by Crippen LogP contribution is -1.62. The summed E-state index contributed by atoms with van der Waals surface area (Å²) < 4.78 is 4.36. The molecule has 0 aromatic rings. The van der Waals surface area contributed by atoms with Gasteiger partial charge in [-0.1, -0.05) is 19.2 Å². The molecule has 0 saturated heterocycles. The molecule has 10 heavy (non-hydrogen) atoms. The minimum Gasteiger partial charge on any atom is -0.474 e. The van der Waals surface area contributed by atoms with E-state index in [1.165, 1.54) is 18.6 Å². The van der Waals surface area contributed by atoms with Crippen LogP contribution in [0.25, 0.3) is 0 Å². The molecule has 0 unspecified atom stereocenters. The van der Waals surface area contributed by atoms with Gasteiger partial charge >= 0.3 is 0 Å². The lowest BCUT2D eigenvalue weighted by molar-refractivity contribution is 0.343. The SMILES string of the molecule is C=CCO.C=COC=C.O. The number of hydrogen-bond donors (Lipinski definition) is 1. The van der Waals surface area contributed by atoms with Gasteiger partial charge in [0.25, 0.3) is 0 Å². The van der Waals surface area contributed by atoms with Gasteiger partial charge in [-0.05, 0) is 0 Å². The molecule has 0 saturated carbocycles. The van der Waals surface area contributed by atoms with Crippen molar-refractivity contribution in [2.45, 2.75) is 0 Å². The molecule has 3 heteroatoms. The van der Waals surface area contributed by atoms with Gasteiger partial charge in [0.05, 0.1) is 19.1 Å². The Balaban J connectivity index is -0.0000000910. The number of hydrogen-bond acceptors (Lipinski definition) is 2. The van der Waals surface area contributed by atoms with Gasteiger partial charge < -0.3 is 15.3 Å². The first-order chi connectivity index (χ1) is 4.33. The molecule has 0 spiro atoms. The van der Waals surface area contributed by atoms with E-state index >= 15 is 0 Å². The summed E-state index contributed by atoms with van der Waals surface area (Å²) in [5, 5.41) is 7.76. The Hall–Kier alpha value is -1.06. The monoisotopic (exact) mass is 146 g/mol. The van der Waals surface area contributed by atoms with E-state index in [1.807, 2.05) is 0 Å². The number of ether oxygens (including phenoxy) is 1. The van der Waals surface area contributed by atoms with Gasteiger partial charge in [-0.2, -0.15) is 0 Å². The largest absolute Gasteiger partial charge is 0.474 e. The van der Waals surface area contributed by atoms with Crippen molar-refractivity contribution in [3.63, 3.8) is 0 Å². The van der Waals surface area contributed by atoms with Gasteiger partial charge in [-0.15, -0.1) is 6.58 Å². The highest BCUT2D eigenvalue weighted by atomic mass is 16.5. The Labute approximate surface area is 61.3 Å². The average molecular weight is 146 g/mol. The van der Waals surface area contributed by atoms with E-state index in [-0.39, 0.29) is 12.1 Å². The fraction of sp³-hybridized carbons (Fsp3) is 0.143. The fourth-order valence-corrected chi connectivity index (χ4v) is 0.0680. The maximum absolute atomic E-state index is 7.76. The Morgan fingerprint density at radius 1 is 1.20 bits per heavy atom. The molecule has 60 valence electrons. The summed E-state index contributed by atoms with van der Waals surface area (Å²) in [5.74, 6) is 0. The number of aliphatic hydroxyl groups excluding tert-OH is 1. The van der Waals surface area contributed by atoms with Gasteiger partial charge in [0.15, 0.2) is 0 Å². The summed E-state index contributed by atoms with van der Waals surface area (Å²) in [6.07, 6.45) is 4.06. The molecule has 0 radical (unpaired) electrons. The van der Waals surface area contributed by atoms with E-state index in [9.17, 15) is 0 Å². The molecule has 0 aliphatic heterocycles. The highest BCUT2D eigenvalue weighted by Gasteiger charge is 1.46. The van der Waals surface area contributed by atoms with Crippen LogP contribution in [0, 0.1) is 0 Å². The minimum absolute atomic E-state index is 0. The Morgan fingerprint density at radius 2 is 1.50 bits per heavy atom. The lowest BCUT2D eigenvalue weighted by atomic mass is 10.7. The Kier molecular flexibility index (Phi) is 39.4. The normalized spacial score (nSPS) is 5.30. The van der Waals surface area contributed by atoms with Crippen molar-refractivity contribution in [2.24, 2.45) is 0 Å². The van der Waals surface area contributed by atoms with Crippen LogP contribution in [-0.4, -0.2) is 17.2 Å². The summed E-state index contributed by atoms with van der Waals surface area (Å²) in [4.78, 5) is 0. The van der Waals surface area contributed by atoms with Gasteiger partial charge in [-0.25, -0.2) is 0 Å². The molecule has 0 aromatic heterocycles. The van der Waals surface area contributed by atoms with Gasteiger partial charge in [0, 0.05) is 0 Å². The highest BCUT2D eigenvalue weighted by molar-refractivity contribution is 4.60. The average Bonchev–Trinajstić information content (AvgIpc) is 1.91. The third-order valence-electron chi connectivity index (χ3n) is 0.322. The second-order valence-electron chi connectivity index (χ2n) is 0.941. The quantitative estimate of drug-likeness (QED) is 0.469. The van der Waals surface area contributed by atoms with E-state index in [1.54, 1.807) is 0 Å². The summed E-state index contributed by atoms with van der Waals surface area (Å²) in [5.41, 5.74) is 0. The van der Waals surface area contributed by atoms with Gasteiger partial charge in [0.2, 0.25) is 0 Å². The molecule has 0 atom stereocenters. The van der Waals surface area contributed by atoms with E-state index in [4.69, 9.17) is 5.11 Å². The molecule has 3 N–H and O–H groups in total. The Morgan fingerprint density at radius 3 is 1.50 bits per heavy atom. The van der Waals surface area contributed by atoms with Crippen molar-refractivity contribution in [1.82, 2.24) is 0 Å². The molecule has 0 aliphatic rings. The van der Waals surface area contributed by atoms with E-state index < -0.39 is 0 Å². The smallest absolute Gasteiger partial charge is 0.0829 e. The van der Waals surface area contributed by atoms with Crippen LogP contribution in [-0.2, 0) is 4.74 Å². The van der Waals surface area contributed by atoms with Crippen LogP contribution in [0.1, 0.15) is 0 Å². The molecule has 0 fully saturated rings. The van der Waals surface area contributed by atoms with Crippen LogP contribution < -0.4 is 0 Å². The van der Waals surface area contributed by atoms with Crippen molar-refractivity contribution in [2.75, 3.05) is 6.61 Å². The van der Waals surface area contributed by atoms with Crippen LogP contribution in [0.5, 0.6) is 0 Å². The molecule has 0 rings (SSSR count). The molecule has 0 aliphatic carbocycles. The first-order valence-corrected chi connectivity index (χ1v) is 2.42. The van der Waals surface area contributed by atoms with Gasteiger partial charge in [-0.3, -0.25) is 0 Å².